The third-order valence-electron chi connectivity index (χ3n) is 6.92. The van der Waals surface area contributed by atoms with Crippen molar-refractivity contribution in [1.82, 2.24) is 13.5 Å². The summed E-state index contributed by atoms with van der Waals surface area (Å²) in [7, 11) is -4.39. The van der Waals surface area contributed by atoms with Crippen LogP contribution in [0.2, 0.25) is 0 Å². The van der Waals surface area contributed by atoms with Gasteiger partial charge in [0.2, 0.25) is 0 Å². The zero-order valence-corrected chi connectivity index (χ0v) is 24.2. The first-order chi connectivity index (χ1) is 19.5. The molecule has 4 heterocycles. The molecule has 0 unspecified atom stereocenters. The molecule has 41 heavy (non-hydrogen) atoms. The van der Waals surface area contributed by atoms with Gasteiger partial charge in [-0.3, -0.25) is 9.59 Å². The Morgan fingerprint density at radius 3 is 1.85 bits per heavy atom. The number of thiophene rings is 2. The maximum Gasteiger partial charge on any atom is 0.416 e. The molecule has 14 heteroatoms. The Hall–Kier alpha value is -3.36. The average molecular weight is 625 g/mol. The van der Waals surface area contributed by atoms with Crippen LogP contribution in [0.15, 0.2) is 71.1 Å². The Balaban J connectivity index is 1.35. The molecule has 2 aliphatic rings. The van der Waals surface area contributed by atoms with Gasteiger partial charge in [0.15, 0.2) is 0 Å². The molecule has 0 N–H and O–H groups in total. The normalized spacial score (nSPS) is 17.9. The number of benzene rings is 1. The summed E-state index contributed by atoms with van der Waals surface area (Å²) in [6.45, 7) is 1.16. The topological polar surface area (TPSA) is 81.2 Å². The molecule has 5 rings (SSSR count). The van der Waals surface area contributed by atoms with Crippen LogP contribution in [0.4, 0.5) is 18.9 Å². The highest BCUT2D eigenvalue weighted by atomic mass is 32.2. The van der Waals surface area contributed by atoms with Crippen LogP contribution >= 0.6 is 22.7 Å². The molecule has 1 aromatic carbocycles. The summed E-state index contributed by atoms with van der Waals surface area (Å²) >= 11 is 2.90. The van der Waals surface area contributed by atoms with E-state index in [1.807, 2.05) is 35.0 Å². The molecule has 0 atom stereocenters. The van der Waals surface area contributed by atoms with E-state index in [0.717, 1.165) is 30.5 Å². The molecule has 3 aromatic rings. The van der Waals surface area contributed by atoms with Crippen molar-refractivity contribution in [3.8, 4) is 0 Å². The fourth-order valence-corrected chi connectivity index (χ4v) is 7.63. The standard InChI is InChI=1S/C27H27F3N4O4S3/c28-27(29,30)20-4-1-5-21(18-20)32-14-12-31(13-15-32)19-24-25(35)33(10-8-22-6-2-16-39-22)41(37,38)34(26(24)36)11-9-23-7-3-17-40-23/h1-7,16-19H,8-15H2. The summed E-state index contributed by atoms with van der Waals surface area (Å²) in [4.78, 5) is 32.3. The SMILES string of the molecule is O=C1C(=CN2CCN(c3cccc(C(F)(F)F)c3)CC2)C(=O)N(CCc2cccs2)S(=O)(=O)N1CCc1cccs1. The van der Waals surface area contributed by atoms with Gasteiger partial charge in [-0.15, -0.1) is 22.7 Å². The second-order valence-electron chi connectivity index (χ2n) is 9.53. The number of alkyl halides is 3. The van der Waals surface area contributed by atoms with Gasteiger partial charge in [-0.25, -0.2) is 8.61 Å². The minimum absolute atomic E-state index is 0.106. The van der Waals surface area contributed by atoms with Crippen LogP contribution in [0.1, 0.15) is 15.3 Å². The van der Waals surface area contributed by atoms with E-state index >= 15 is 0 Å². The zero-order chi connectivity index (χ0) is 29.2. The van der Waals surface area contributed by atoms with Gasteiger partial charge in [-0.05, 0) is 41.1 Å². The summed E-state index contributed by atoms with van der Waals surface area (Å²) < 4.78 is 68.0. The predicted octanol–water partition coefficient (Wildman–Crippen LogP) is 4.24. The van der Waals surface area contributed by atoms with Crippen molar-refractivity contribution < 1.29 is 31.2 Å². The largest absolute Gasteiger partial charge is 0.416 e. The van der Waals surface area contributed by atoms with Crippen molar-refractivity contribution in [3.63, 3.8) is 0 Å². The molecule has 0 radical (unpaired) electrons. The van der Waals surface area contributed by atoms with E-state index in [9.17, 15) is 31.2 Å². The number of piperazine rings is 1. The van der Waals surface area contributed by atoms with Gasteiger partial charge in [0, 0.05) is 73.8 Å². The van der Waals surface area contributed by atoms with Crippen LogP contribution in [0.3, 0.4) is 0 Å². The molecule has 8 nitrogen and oxygen atoms in total. The predicted molar refractivity (Wildman–Crippen MR) is 152 cm³/mol. The highest BCUT2D eigenvalue weighted by molar-refractivity contribution is 7.88. The second-order valence-corrected chi connectivity index (χ2v) is 13.4. The number of carbonyl (C=O) groups is 2. The van der Waals surface area contributed by atoms with Crippen LogP contribution in [-0.4, -0.2) is 73.0 Å². The maximum absolute atomic E-state index is 13.5. The number of anilines is 1. The van der Waals surface area contributed by atoms with Crippen LogP contribution in [0.5, 0.6) is 0 Å². The van der Waals surface area contributed by atoms with Crippen molar-refractivity contribution >= 4 is 50.4 Å². The number of amides is 2. The minimum atomic E-state index is -4.45. The van der Waals surface area contributed by atoms with Gasteiger partial charge in [-0.1, -0.05) is 18.2 Å². The third-order valence-corrected chi connectivity index (χ3v) is 10.6. The molecule has 0 spiro atoms. The molecular weight excluding hydrogens is 598 g/mol. The van der Waals surface area contributed by atoms with E-state index in [2.05, 4.69) is 0 Å². The summed E-state index contributed by atoms with van der Waals surface area (Å²) in [6.07, 6.45) is -2.41. The lowest BCUT2D eigenvalue weighted by atomic mass is 10.1. The maximum atomic E-state index is 13.5. The number of halogens is 3. The van der Waals surface area contributed by atoms with E-state index in [0.29, 0.717) is 44.7 Å². The molecule has 2 fully saturated rings. The van der Waals surface area contributed by atoms with E-state index in [-0.39, 0.29) is 18.7 Å². The Morgan fingerprint density at radius 1 is 0.805 bits per heavy atom. The lowest BCUT2D eigenvalue weighted by Gasteiger charge is -2.38. The Morgan fingerprint density at radius 2 is 1.37 bits per heavy atom. The van der Waals surface area contributed by atoms with Gasteiger partial charge in [0.25, 0.3) is 11.8 Å². The molecule has 0 saturated carbocycles. The molecular formula is C27H27F3N4O4S3. The second kappa shape index (κ2) is 11.9. The van der Waals surface area contributed by atoms with Crippen LogP contribution in [0.25, 0.3) is 0 Å². The van der Waals surface area contributed by atoms with E-state index in [1.54, 1.807) is 15.9 Å². The van der Waals surface area contributed by atoms with Crippen LogP contribution in [0, 0.1) is 0 Å². The zero-order valence-electron chi connectivity index (χ0n) is 21.8. The monoisotopic (exact) mass is 624 g/mol. The highest BCUT2D eigenvalue weighted by Gasteiger charge is 2.46. The number of rotatable bonds is 8. The van der Waals surface area contributed by atoms with Crippen molar-refractivity contribution in [2.75, 3.05) is 44.2 Å². The number of carbonyl (C=O) groups excluding carboxylic acids is 2. The van der Waals surface area contributed by atoms with Crippen molar-refractivity contribution in [1.29, 1.82) is 0 Å². The molecule has 2 aliphatic heterocycles. The summed E-state index contributed by atoms with van der Waals surface area (Å²) in [6, 6.07) is 12.5. The van der Waals surface area contributed by atoms with Crippen molar-refractivity contribution in [3.05, 3.63) is 86.4 Å². The average Bonchev–Trinajstić information content (AvgIpc) is 3.66. The molecule has 0 aliphatic carbocycles. The van der Waals surface area contributed by atoms with Crippen molar-refractivity contribution in [2.24, 2.45) is 0 Å². The molecule has 2 aromatic heterocycles. The highest BCUT2D eigenvalue weighted by Crippen LogP contribution is 2.32. The summed E-state index contributed by atoms with van der Waals surface area (Å²) in [5.74, 6) is -1.75. The van der Waals surface area contributed by atoms with Gasteiger partial charge < -0.3 is 9.80 Å². The van der Waals surface area contributed by atoms with E-state index < -0.39 is 33.8 Å². The van der Waals surface area contributed by atoms with Gasteiger partial charge >= 0.3 is 16.4 Å². The Kier molecular flexibility index (Phi) is 8.43. The Labute approximate surface area is 244 Å². The Bertz CT molecular complexity index is 1450. The van der Waals surface area contributed by atoms with Crippen LogP contribution < -0.4 is 4.90 Å². The minimum Gasteiger partial charge on any atom is -0.373 e. The third kappa shape index (κ3) is 6.44. The smallest absolute Gasteiger partial charge is 0.373 e. The molecule has 2 saturated heterocycles. The molecule has 0 bridgehead atoms. The quantitative estimate of drug-likeness (QED) is 0.276. The number of hydrogen-bond donors (Lipinski definition) is 0. The summed E-state index contributed by atoms with van der Waals surface area (Å²) in [5.41, 5.74) is -0.545. The first-order valence-corrected chi connectivity index (χ1v) is 16.0. The van der Waals surface area contributed by atoms with E-state index in [1.165, 1.54) is 34.9 Å². The molecule has 218 valence electrons. The lowest BCUT2D eigenvalue weighted by Crippen LogP contribution is -2.57. The summed E-state index contributed by atoms with van der Waals surface area (Å²) in [5, 5.41) is 3.73. The van der Waals surface area contributed by atoms with Crippen LogP contribution in [-0.2, 0) is 38.8 Å². The number of nitrogens with zero attached hydrogens (tertiary/aromatic N) is 4. The van der Waals surface area contributed by atoms with Gasteiger partial charge in [-0.2, -0.15) is 21.6 Å². The molecule has 2 amide bonds. The fourth-order valence-electron chi connectivity index (χ4n) is 4.74. The van der Waals surface area contributed by atoms with Gasteiger partial charge in [0.05, 0.1) is 5.56 Å². The first kappa shape index (κ1) is 29.1. The lowest BCUT2D eigenvalue weighted by molar-refractivity contribution is -0.137. The van der Waals surface area contributed by atoms with E-state index in [4.69, 9.17) is 0 Å². The fraction of sp³-hybridized carbons (Fsp3) is 0.333. The first-order valence-electron chi connectivity index (χ1n) is 12.9. The van der Waals surface area contributed by atoms with Gasteiger partial charge in [0.1, 0.15) is 5.57 Å². The van der Waals surface area contributed by atoms with Crippen molar-refractivity contribution in [2.45, 2.75) is 19.0 Å². The number of hydrogen-bond acceptors (Lipinski definition) is 8.